The number of carboxylic acid groups (broad SMARTS) is 1. The lowest BCUT2D eigenvalue weighted by Crippen LogP contribution is -2.21. The normalized spacial score (nSPS) is 13.6. The molecule has 0 saturated heterocycles. The van der Waals surface area contributed by atoms with E-state index in [1.54, 1.807) is 0 Å². The molecular formula is C6H13NO2S. The Labute approximate surface area is 65.0 Å². The van der Waals surface area contributed by atoms with Crippen LogP contribution in [-0.2, 0) is 4.79 Å². The molecule has 0 bridgehead atoms. The molecule has 3 nitrogen and oxygen atoms in total. The number of aliphatic carboxylic acids is 1. The van der Waals surface area contributed by atoms with Gasteiger partial charge in [0.15, 0.2) is 0 Å². The molecule has 0 amide bonds. The summed E-state index contributed by atoms with van der Waals surface area (Å²) in [6, 6.07) is 0. The number of rotatable bonds is 4. The summed E-state index contributed by atoms with van der Waals surface area (Å²) in [4.78, 5) is 10.1. The van der Waals surface area contributed by atoms with E-state index in [9.17, 15) is 4.79 Å². The Morgan fingerprint density at radius 1 is 1.70 bits per heavy atom. The van der Waals surface area contributed by atoms with Gasteiger partial charge in [0.2, 0.25) is 0 Å². The highest BCUT2D eigenvalue weighted by Crippen LogP contribution is 2.15. The van der Waals surface area contributed by atoms with Gasteiger partial charge in [0.25, 0.3) is 0 Å². The minimum Gasteiger partial charge on any atom is -0.481 e. The maximum absolute atomic E-state index is 10.1. The van der Waals surface area contributed by atoms with Crippen molar-refractivity contribution in [3.8, 4) is 0 Å². The number of hydrogen-bond acceptors (Lipinski definition) is 3. The average molecular weight is 163 g/mol. The SMILES string of the molecule is CC(C)SC(N)CC(=O)O. The Kier molecular flexibility index (Phi) is 4.47. The topological polar surface area (TPSA) is 63.3 Å². The third kappa shape index (κ3) is 5.91. The van der Waals surface area contributed by atoms with Crippen LogP contribution in [0.3, 0.4) is 0 Å². The number of carbonyl (C=O) groups is 1. The van der Waals surface area contributed by atoms with Crippen LogP contribution in [0.5, 0.6) is 0 Å². The maximum Gasteiger partial charge on any atom is 0.305 e. The molecule has 0 aromatic heterocycles. The predicted octanol–water partition coefficient (Wildman–Crippen LogP) is 0.888. The molecule has 0 aromatic rings. The number of hydrogen-bond donors (Lipinski definition) is 2. The first-order valence-corrected chi connectivity index (χ1v) is 4.09. The fraction of sp³-hybridized carbons (Fsp3) is 0.833. The highest BCUT2D eigenvalue weighted by Gasteiger charge is 2.09. The van der Waals surface area contributed by atoms with E-state index in [4.69, 9.17) is 10.8 Å². The molecule has 3 N–H and O–H groups in total. The van der Waals surface area contributed by atoms with Crippen molar-refractivity contribution < 1.29 is 9.90 Å². The largest absolute Gasteiger partial charge is 0.481 e. The molecule has 1 atom stereocenters. The second-order valence-electron chi connectivity index (χ2n) is 2.32. The second-order valence-corrected chi connectivity index (χ2v) is 4.14. The number of nitrogens with two attached hydrogens (primary N) is 1. The van der Waals surface area contributed by atoms with Gasteiger partial charge in [0, 0.05) is 5.25 Å². The van der Waals surface area contributed by atoms with Crippen molar-refractivity contribution in [1.29, 1.82) is 0 Å². The molecule has 0 spiro atoms. The molecule has 0 aliphatic rings. The van der Waals surface area contributed by atoms with Gasteiger partial charge in [-0.2, -0.15) is 0 Å². The maximum atomic E-state index is 10.1. The lowest BCUT2D eigenvalue weighted by Gasteiger charge is -2.10. The minimum absolute atomic E-state index is 0.0445. The molecule has 0 aliphatic carbocycles. The smallest absolute Gasteiger partial charge is 0.305 e. The van der Waals surface area contributed by atoms with Gasteiger partial charge in [-0.25, -0.2) is 0 Å². The van der Waals surface area contributed by atoms with Crippen molar-refractivity contribution >= 4 is 17.7 Å². The van der Waals surface area contributed by atoms with Crippen molar-refractivity contribution in [2.45, 2.75) is 30.9 Å². The Hall–Kier alpha value is -0.220. The van der Waals surface area contributed by atoms with Gasteiger partial charge < -0.3 is 10.8 Å². The first-order valence-electron chi connectivity index (χ1n) is 3.15. The van der Waals surface area contributed by atoms with E-state index in [0.717, 1.165) is 0 Å². The van der Waals surface area contributed by atoms with Crippen LogP contribution in [0.15, 0.2) is 0 Å². The highest BCUT2D eigenvalue weighted by molar-refractivity contribution is 8.00. The quantitative estimate of drug-likeness (QED) is 0.604. The molecule has 0 saturated carbocycles. The van der Waals surface area contributed by atoms with Crippen LogP contribution >= 0.6 is 11.8 Å². The van der Waals surface area contributed by atoms with Crippen LogP contribution in [0, 0.1) is 0 Å². The molecule has 10 heavy (non-hydrogen) atoms. The average Bonchev–Trinajstić information content (AvgIpc) is 1.58. The Morgan fingerprint density at radius 3 is 2.50 bits per heavy atom. The third-order valence-electron chi connectivity index (χ3n) is 0.823. The van der Waals surface area contributed by atoms with Crippen LogP contribution in [-0.4, -0.2) is 21.7 Å². The summed E-state index contributed by atoms with van der Waals surface area (Å²) >= 11 is 1.48. The van der Waals surface area contributed by atoms with Crippen molar-refractivity contribution in [3.63, 3.8) is 0 Å². The lowest BCUT2D eigenvalue weighted by atomic mass is 10.4. The molecule has 0 radical (unpaired) electrons. The van der Waals surface area contributed by atoms with Crippen molar-refractivity contribution in [2.75, 3.05) is 0 Å². The summed E-state index contributed by atoms with van der Waals surface area (Å²) in [5.74, 6) is -0.833. The monoisotopic (exact) mass is 163 g/mol. The van der Waals surface area contributed by atoms with Gasteiger partial charge in [-0.05, 0) is 0 Å². The van der Waals surface area contributed by atoms with E-state index in [2.05, 4.69) is 0 Å². The molecule has 0 rings (SSSR count). The van der Waals surface area contributed by atoms with Crippen LogP contribution in [0.25, 0.3) is 0 Å². The van der Waals surface area contributed by atoms with Crippen LogP contribution in [0.2, 0.25) is 0 Å². The first-order chi connectivity index (χ1) is 4.52. The van der Waals surface area contributed by atoms with E-state index in [1.165, 1.54) is 11.8 Å². The zero-order valence-corrected chi connectivity index (χ0v) is 7.02. The van der Waals surface area contributed by atoms with E-state index < -0.39 is 5.97 Å². The second kappa shape index (κ2) is 4.57. The highest BCUT2D eigenvalue weighted by atomic mass is 32.2. The van der Waals surface area contributed by atoms with Crippen LogP contribution in [0.4, 0.5) is 0 Å². The summed E-state index contributed by atoms with van der Waals surface area (Å²) in [7, 11) is 0. The molecule has 0 aromatic carbocycles. The molecule has 4 heteroatoms. The van der Waals surface area contributed by atoms with Gasteiger partial charge in [-0.3, -0.25) is 4.79 Å². The molecule has 0 aliphatic heterocycles. The molecule has 1 unspecified atom stereocenters. The Bertz CT molecular complexity index is 116. The van der Waals surface area contributed by atoms with E-state index in [0.29, 0.717) is 5.25 Å². The van der Waals surface area contributed by atoms with Crippen LogP contribution < -0.4 is 5.73 Å². The number of thioether (sulfide) groups is 1. The lowest BCUT2D eigenvalue weighted by molar-refractivity contribution is -0.136. The van der Waals surface area contributed by atoms with Gasteiger partial charge >= 0.3 is 5.97 Å². The minimum atomic E-state index is -0.833. The molecule has 60 valence electrons. The summed E-state index contributed by atoms with van der Waals surface area (Å²) in [5.41, 5.74) is 5.46. The van der Waals surface area contributed by atoms with E-state index in [1.807, 2.05) is 13.8 Å². The summed E-state index contributed by atoms with van der Waals surface area (Å²) in [5, 5.41) is 8.43. The van der Waals surface area contributed by atoms with Crippen molar-refractivity contribution in [1.82, 2.24) is 0 Å². The van der Waals surface area contributed by atoms with Crippen LogP contribution in [0.1, 0.15) is 20.3 Å². The molecular weight excluding hydrogens is 150 g/mol. The van der Waals surface area contributed by atoms with E-state index in [-0.39, 0.29) is 11.8 Å². The Morgan fingerprint density at radius 2 is 2.20 bits per heavy atom. The van der Waals surface area contributed by atoms with Gasteiger partial charge in [-0.15, -0.1) is 11.8 Å². The Balaban J connectivity index is 3.43. The zero-order valence-electron chi connectivity index (χ0n) is 6.20. The standard InChI is InChI=1S/C6H13NO2S/c1-4(2)10-5(7)3-6(8)9/h4-5H,3,7H2,1-2H3,(H,8,9). The van der Waals surface area contributed by atoms with Gasteiger partial charge in [-0.1, -0.05) is 13.8 Å². The van der Waals surface area contributed by atoms with Crippen molar-refractivity contribution in [3.05, 3.63) is 0 Å². The fourth-order valence-corrected chi connectivity index (χ4v) is 1.51. The fourth-order valence-electron chi connectivity index (χ4n) is 0.570. The number of carboxylic acids is 1. The third-order valence-corrected chi connectivity index (χ3v) is 1.88. The first kappa shape index (κ1) is 9.78. The summed E-state index contributed by atoms with van der Waals surface area (Å²) < 4.78 is 0. The summed E-state index contributed by atoms with van der Waals surface area (Å²) in [6.45, 7) is 3.98. The van der Waals surface area contributed by atoms with Gasteiger partial charge in [0.05, 0.1) is 11.8 Å². The van der Waals surface area contributed by atoms with Gasteiger partial charge in [0.1, 0.15) is 0 Å². The van der Waals surface area contributed by atoms with E-state index >= 15 is 0 Å². The predicted molar refractivity (Wildman–Crippen MR) is 43.0 cm³/mol. The zero-order chi connectivity index (χ0) is 8.15. The molecule has 0 fully saturated rings. The summed E-state index contributed by atoms with van der Waals surface area (Å²) in [6.07, 6.45) is 0.0445. The molecule has 0 heterocycles. The van der Waals surface area contributed by atoms with Crippen molar-refractivity contribution in [2.24, 2.45) is 5.73 Å².